The summed E-state index contributed by atoms with van der Waals surface area (Å²) < 4.78 is 22.1. The Morgan fingerprint density at radius 2 is 1.30 bits per heavy atom. The molecule has 0 radical (unpaired) electrons. The van der Waals surface area contributed by atoms with E-state index in [-0.39, 0.29) is 5.91 Å². The quantitative estimate of drug-likeness (QED) is 0.477. The Morgan fingerprint density at radius 1 is 0.700 bits per heavy atom. The topological polar surface area (TPSA) is 66.0 Å². The molecule has 0 unspecified atom stereocenters. The second-order valence-electron chi connectivity index (χ2n) is 6.30. The Bertz CT molecular complexity index is 930. The fourth-order valence-corrected chi connectivity index (χ4v) is 2.73. The summed E-state index contributed by atoms with van der Waals surface area (Å²) in [6.45, 7) is 1.54. The summed E-state index contributed by atoms with van der Waals surface area (Å²) in [4.78, 5) is 12.8. The van der Waals surface area contributed by atoms with Crippen molar-refractivity contribution in [3.8, 4) is 17.2 Å². The monoisotopic (exact) mass is 407 g/mol. The average molecular weight is 407 g/mol. The highest BCUT2D eigenvalue weighted by Crippen LogP contribution is 2.26. The molecule has 0 spiro atoms. The van der Waals surface area contributed by atoms with Crippen molar-refractivity contribution in [1.82, 2.24) is 0 Å². The van der Waals surface area contributed by atoms with Crippen LogP contribution in [0.1, 0.15) is 10.4 Å². The van der Waals surface area contributed by atoms with E-state index < -0.39 is 0 Å². The van der Waals surface area contributed by atoms with Crippen molar-refractivity contribution in [3.63, 3.8) is 0 Å². The van der Waals surface area contributed by atoms with Crippen molar-refractivity contribution in [2.24, 2.45) is 0 Å². The smallest absolute Gasteiger partial charge is 0.259 e. The molecular formula is C24H25NO5. The van der Waals surface area contributed by atoms with Crippen LogP contribution in [0.25, 0.3) is 0 Å². The number of hydrogen-bond donors (Lipinski definition) is 1. The summed E-state index contributed by atoms with van der Waals surface area (Å²) in [5, 5.41) is 2.90. The molecule has 6 nitrogen and oxygen atoms in total. The van der Waals surface area contributed by atoms with Crippen molar-refractivity contribution >= 4 is 11.6 Å². The number of rotatable bonds is 11. The lowest BCUT2D eigenvalue weighted by Gasteiger charge is -2.14. The maximum Gasteiger partial charge on any atom is 0.259 e. The lowest BCUT2D eigenvalue weighted by atomic mass is 10.1. The Kier molecular flexibility index (Phi) is 8.12. The number of carbonyl (C=O) groups excluding carboxylic acids is 1. The third-order valence-electron chi connectivity index (χ3n) is 4.16. The van der Waals surface area contributed by atoms with Crippen LogP contribution in [0.15, 0.2) is 78.9 Å². The molecule has 3 aromatic carbocycles. The van der Waals surface area contributed by atoms with Crippen LogP contribution in [0.3, 0.4) is 0 Å². The zero-order chi connectivity index (χ0) is 21.0. The van der Waals surface area contributed by atoms with Crippen LogP contribution in [0.2, 0.25) is 0 Å². The number of carbonyl (C=O) groups is 1. The Labute approximate surface area is 176 Å². The van der Waals surface area contributed by atoms with Gasteiger partial charge in [0, 0.05) is 7.11 Å². The van der Waals surface area contributed by atoms with Crippen LogP contribution in [-0.2, 0) is 4.74 Å². The average Bonchev–Trinajstić information content (AvgIpc) is 2.79. The number of anilines is 1. The number of hydrogen-bond acceptors (Lipinski definition) is 5. The number of para-hydroxylation sites is 4. The van der Waals surface area contributed by atoms with Gasteiger partial charge in [-0.3, -0.25) is 4.79 Å². The Balaban J connectivity index is 1.60. The van der Waals surface area contributed by atoms with E-state index in [0.29, 0.717) is 49.2 Å². The summed E-state index contributed by atoms with van der Waals surface area (Å²) in [7, 11) is 1.60. The number of methoxy groups -OCH3 is 1. The molecule has 0 heterocycles. The minimum absolute atomic E-state index is 0.278. The molecule has 6 heteroatoms. The number of ether oxygens (including phenoxy) is 4. The van der Waals surface area contributed by atoms with Crippen molar-refractivity contribution in [3.05, 3.63) is 84.4 Å². The van der Waals surface area contributed by atoms with Gasteiger partial charge in [0.1, 0.15) is 37.1 Å². The molecule has 3 rings (SSSR count). The molecule has 0 aliphatic carbocycles. The van der Waals surface area contributed by atoms with E-state index in [4.69, 9.17) is 18.9 Å². The molecule has 0 atom stereocenters. The first kappa shape index (κ1) is 21.2. The largest absolute Gasteiger partial charge is 0.490 e. The summed E-state index contributed by atoms with van der Waals surface area (Å²) in [6.07, 6.45) is 0. The van der Waals surface area contributed by atoms with Gasteiger partial charge >= 0.3 is 0 Å². The highest BCUT2D eigenvalue weighted by molar-refractivity contribution is 6.06. The lowest BCUT2D eigenvalue weighted by Crippen LogP contribution is -2.16. The van der Waals surface area contributed by atoms with Gasteiger partial charge in [-0.05, 0) is 36.4 Å². The molecule has 0 aliphatic heterocycles. The highest BCUT2D eigenvalue weighted by Gasteiger charge is 2.14. The van der Waals surface area contributed by atoms with E-state index in [9.17, 15) is 4.79 Å². The van der Waals surface area contributed by atoms with E-state index in [1.807, 2.05) is 48.5 Å². The van der Waals surface area contributed by atoms with Gasteiger partial charge in [-0.15, -0.1) is 0 Å². The van der Waals surface area contributed by atoms with Gasteiger partial charge < -0.3 is 24.3 Å². The molecule has 0 saturated heterocycles. The van der Waals surface area contributed by atoms with Gasteiger partial charge in [0.15, 0.2) is 0 Å². The molecule has 0 bridgehead atoms. The molecular weight excluding hydrogens is 382 g/mol. The van der Waals surface area contributed by atoms with Crippen molar-refractivity contribution in [2.45, 2.75) is 0 Å². The van der Waals surface area contributed by atoms with Crippen LogP contribution >= 0.6 is 0 Å². The van der Waals surface area contributed by atoms with E-state index in [1.54, 1.807) is 37.4 Å². The fourth-order valence-electron chi connectivity index (χ4n) is 2.73. The normalized spacial score (nSPS) is 10.3. The molecule has 0 fully saturated rings. The fraction of sp³-hybridized carbons (Fsp3) is 0.208. The lowest BCUT2D eigenvalue weighted by molar-refractivity contribution is 0.101. The minimum atomic E-state index is -0.278. The molecule has 30 heavy (non-hydrogen) atoms. The number of amides is 1. The summed E-state index contributed by atoms with van der Waals surface area (Å²) in [5.74, 6) is 1.58. The summed E-state index contributed by atoms with van der Waals surface area (Å²) >= 11 is 0. The first-order valence-corrected chi connectivity index (χ1v) is 9.69. The highest BCUT2D eigenvalue weighted by atomic mass is 16.5. The number of benzene rings is 3. The van der Waals surface area contributed by atoms with E-state index in [2.05, 4.69) is 5.32 Å². The van der Waals surface area contributed by atoms with E-state index in [1.165, 1.54) is 0 Å². The van der Waals surface area contributed by atoms with Crippen LogP contribution in [0, 0.1) is 0 Å². The van der Waals surface area contributed by atoms with Gasteiger partial charge in [0.05, 0.1) is 17.9 Å². The molecule has 156 valence electrons. The second kappa shape index (κ2) is 11.5. The molecule has 1 amide bonds. The van der Waals surface area contributed by atoms with Crippen molar-refractivity contribution < 1.29 is 23.7 Å². The van der Waals surface area contributed by atoms with Gasteiger partial charge in [0.25, 0.3) is 5.91 Å². The van der Waals surface area contributed by atoms with Crippen LogP contribution < -0.4 is 19.5 Å². The molecule has 0 aliphatic rings. The molecule has 1 N–H and O–H groups in total. The zero-order valence-electron chi connectivity index (χ0n) is 16.9. The third-order valence-corrected chi connectivity index (χ3v) is 4.16. The maximum absolute atomic E-state index is 12.8. The standard InChI is InChI=1S/C24H25NO5/c1-27-15-16-29-22-13-7-5-11-20(22)24(26)25-21-12-6-8-14-23(21)30-18-17-28-19-9-3-2-4-10-19/h2-14H,15-18H2,1H3,(H,25,26). The second-order valence-corrected chi connectivity index (χ2v) is 6.30. The molecule has 3 aromatic rings. The first-order chi connectivity index (χ1) is 14.8. The van der Waals surface area contributed by atoms with Crippen LogP contribution in [0.5, 0.6) is 17.2 Å². The number of nitrogens with one attached hydrogen (secondary N) is 1. The van der Waals surface area contributed by atoms with Crippen molar-refractivity contribution in [1.29, 1.82) is 0 Å². The predicted octanol–water partition coefficient (Wildman–Crippen LogP) is 4.42. The van der Waals surface area contributed by atoms with E-state index >= 15 is 0 Å². The van der Waals surface area contributed by atoms with Gasteiger partial charge in [-0.2, -0.15) is 0 Å². The van der Waals surface area contributed by atoms with Crippen LogP contribution in [-0.4, -0.2) is 39.4 Å². The van der Waals surface area contributed by atoms with Gasteiger partial charge in [0.2, 0.25) is 0 Å². The minimum Gasteiger partial charge on any atom is -0.490 e. The predicted molar refractivity (Wildman–Crippen MR) is 116 cm³/mol. The SMILES string of the molecule is COCCOc1ccccc1C(=O)Nc1ccccc1OCCOc1ccccc1. The molecule has 0 aromatic heterocycles. The molecule has 0 saturated carbocycles. The van der Waals surface area contributed by atoms with Crippen molar-refractivity contribution in [2.75, 3.05) is 38.9 Å². The Morgan fingerprint density at radius 3 is 2.10 bits per heavy atom. The van der Waals surface area contributed by atoms with Crippen LogP contribution in [0.4, 0.5) is 5.69 Å². The third kappa shape index (κ3) is 6.25. The van der Waals surface area contributed by atoms with Gasteiger partial charge in [-0.1, -0.05) is 42.5 Å². The summed E-state index contributed by atoms with van der Waals surface area (Å²) in [6, 6.07) is 23.9. The summed E-state index contributed by atoms with van der Waals surface area (Å²) in [5.41, 5.74) is 1.02. The zero-order valence-corrected chi connectivity index (χ0v) is 16.9. The maximum atomic E-state index is 12.8. The van der Waals surface area contributed by atoms with Gasteiger partial charge in [-0.25, -0.2) is 0 Å². The Hall–Kier alpha value is -3.51. The first-order valence-electron chi connectivity index (χ1n) is 9.69. The van der Waals surface area contributed by atoms with E-state index in [0.717, 1.165) is 5.75 Å².